The summed E-state index contributed by atoms with van der Waals surface area (Å²) in [5.41, 5.74) is 4.23. The monoisotopic (exact) mass is 494 g/mol. The number of likely N-dealkylation sites (N-methyl/N-ethyl adjacent to an activating group) is 1. The maximum atomic E-state index is 13.1. The van der Waals surface area contributed by atoms with E-state index in [0.29, 0.717) is 6.04 Å². The van der Waals surface area contributed by atoms with E-state index in [1.165, 1.54) is 29.3 Å². The van der Waals surface area contributed by atoms with Gasteiger partial charge in [-0.25, -0.2) is 0 Å². The Labute approximate surface area is 182 Å². The number of carbonyl (C=O) groups excluding carboxylic acids is 1. The van der Waals surface area contributed by atoms with Crippen molar-refractivity contribution >= 4 is 16.9 Å². The third kappa shape index (κ3) is 2.17. The van der Waals surface area contributed by atoms with Crippen LogP contribution < -0.4 is 24.0 Å². The van der Waals surface area contributed by atoms with Crippen molar-refractivity contribution in [2.24, 2.45) is 11.3 Å². The van der Waals surface area contributed by atoms with Crippen LogP contribution in [0.25, 0.3) is 10.9 Å². The quantitative estimate of drug-likeness (QED) is 0.261. The van der Waals surface area contributed by atoms with Gasteiger partial charge in [0.05, 0.1) is 26.5 Å². The molecule has 0 unspecified atom stereocenters. The van der Waals surface area contributed by atoms with E-state index in [1.54, 1.807) is 0 Å². The van der Waals surface area contributed by atoms with E-state index in [1.807, 2.05) is 6.92 Å². The average Bonchev–Trinajstić information content (AvgIpc) is 3.05. The fraction of sp³-hybridized carbons (Fsp3) is 0.500. The number of allylic oxidation sites excluding steroid dienone is 1. The third-order valence-corrected chi connectivity index (χ3v) is 7.85. The van der Waals surface area contributed by atoms with Crippen molar-refractivity contribution in [3.05, 3.63) is 47.2 Å². The normalized spacial score (nSPS) is 36.9. The number of ether oxygens (including phenoxy) is 1. The molecule has 0 aliphatic carbocycles. The van der Waals surface area contributed by atoms with Crippen LogP contribution in [0.4, 0.5) is 0 Å². The van der Waals surface area contributed by atoms with Gasteiger partial charge >= 0.3 is 5.97 Å². The molecule has 2 N–H and O–H groups in total. The summed E-state index contributed by atoms with van der Waals surface area (Å²) in [5.74, 6) is -0.223. The summed E-state index contributed by atoms with van der Waals surface area (Å²) in [6.45, 7) is 2.82. The van der Waals surface area contributed by atoms with Crippen LogP contribution in [0.2, 0.25) is 0 Å². The van der Waals surface area contributed by atoms with E-state index >= 15 is 0 Å². The van der Waals surface area contributed by atoms with Gasteiger partial charge < -0.3 is 43.3 Å². The van der Waals surface area contributed by atoms with Gasteiger partial charge in [-0.3, -0.25) is 4.79 Å². The summed E-state index contributed by atoms with van der Waals surface area (Å²) >= 11 is 0. The zero-order valence-corrected chi connectivity index (χ0v) is 18.7. The number of nitrogens with zero attached hydrogens (tertiary/aromatic N) is 1. The van der Waals surface area contributed by atoms with Gasteiger partial charge in [-0.1, -0.05) is 24.3 Å². The molecule has 3 saturated heterocycles. The van der Waals surface area contributed by atoms with Gasteiger partial charge in [0.25, 0.3) is 0 Å². The highest BCUT2D eigenvalue weighted by molar-refractivity contribution is 5.86. The molecule has 0 saturated carbocycles. The lowest BCUT2D eigenvalue weighted by molar-refractivity contribution is -0.981. The second kappa shape index (κ2) is 6.57. The predicted octanol–water partition coefficient (Wildman–Crippen LogP) is -0.284. The summed E-state index contributed by atoms with van der Waals surface area (Å²) < 4.78 is 6.05. The first-order chi connectivity index (χ1) is 13.0. The number of hydrogen-bond donors (Lipinski definition) is 2. The fourth-order valence-corrected chi connectivity index (χ4v) is 6.62. The van der Waals surface area contributed by atoms with E-state index in [2.05, 4.69) is 42.4 Å². The number of quaternary nitrogens is 1. The SMILES string of the molecule is C/C=C1/C[N@@+]2(C)[C@H]3C[C@@H]1[C@@](CO)(C(=O)OC)[C@@H]2Cc1c3[nH]c2ccccc12.[I-]. The molecule has 4 aliphatic rings. The van der Waals surface area contributed by atoms with Crippen LogP contribution in [0, 0.1) is 11.3 Å². The van der Waals surface area contributed by atoms with Crippen LogP contribution in [0.5, 0.6) is 0 Å². The molecule has 1 aromatic heterocycles. The van der Waals surface area contributed by atoms with Gasteiger partial charge in [0.15, 0.2) is 0 Å². The number of aromatic amines is 1. The number of methoxy groups -OCH3 is 1. The number of esters is 1. The first-order valence-corrected chi connectivity index (χ1v) is 9.80. The minimum atomic E-state index is -0.865. The lowest BCUT2D eigenvalue weighted by Gasteiger charge is -2.66. The lowest BCUT2D eigenvalue weighted by Crippen LogP contribution is -3.00. The number of aromatic nitrogens is 1. The van der Waals surface area contributed by atoms with Crippen LogP contribution in [-0.2, 0) is 16.0 Å². The Kier molecular flexibility index (Phi) is 4.67. The van der Waals surface area contributed by atoms with E-state index in [9.17, 15) is 9.90 Å². The summed E-state index contributed by atoms with van der Waals surface area (Å²) in [6.07, 6.45) is 3.80. The fourth-order valence-electron chi connectivity index (χ4n) is 6.62. The van der Waals surface area contributed by atoms with Gasteiger partial charge in [0, 0.05) is 29.7 Å². The van der Waals surface area contributed by atoms with Crippen LogP contribution >= 0.6 is 0 Å². The molecule has 6 rings (SSSR count). The van der Waals surface area contributed by atoms with Gasteiger partial charge in [-0.15, -0.1) is 0 Å². The molecule has 5 atom stereocenters. The van der Waals surface area contributed by atoms with E-state index in [-0.39, 0.29) is 48.5 Å². The van der Waals surface area contributed by atoms with Gasteiger partial charge in [0.1, 0.15) is 24.0 Å². The second-order valence-corrected chi connectivity index (χ2v) is 8.65. The number of aliphatic hydroxyl groups excluding tert-OH is 1. The number of halogens is 1. The Hall–Kier alpha value is -1.38. The average molecular weight is 494 g/mol. The first-order valence-electron chi connectivity index (χ1n) is 9.80. The number of piperidine rings is 3. The maximum Gasteiger partial charge on any atom is 0.320 e. The van der Waals surface area contributed by atoms with Crippen molar-refractivity contribution in [2.75, 3.05) is 27.3 Å². The van der Waals surface area contributed by atoms with Crippen molar-refractivity contribution in [3.8, 4) is 0 Å². The highest BCUT2D eigenvalue weighted by Crippen LogP contribution is 2.62. The molecule has 6 heteroatoms. The standard InChI is InChI=1S/C22H27N2O3.HI/c1-4-13-11-24(2)18-10-16(13)22(12-25,21(26)27-3)19(24)9-15-14-7-5-6-8-17(14)23-20(15)18;/h4-8,16,18-19,23,25H,9-12H2,1-3H3;1H/q+1;/p-1/b13-4-;/t16-,18-,19-,22+,24-;/m0./s1. The minimum absolute atomic E-state index is 0. The molecule has 0 spiro atoms. The molecule has 1 aromatic carbocycles. The number of aliphatic hydroxyl groups is 1. The molecule has 3 fully saturated rings. The zero-order chi connectivity index (χ0) is 19.0. The van der Waals surface area contributed by atoms with E-state index in [0.717, 1.165) is 29.4 Å². The molecule has 5 heterocycles. The van der Waals surface area contributed by atoms with Crippen LogP contribution in [0.15, 0.2) is 35.9 Å². The number of nitrogens with one attached hydrogen (secondary N) is 1. The van der Waals surface area contributed by atoms with Crippen molar-refractivity contribution < 1.29 is 43.1 Å². The molecular formula is C22H27IN2O3. The summed E-state index contributed by atoms with van der Waals surface area (Å²) in [5, 5.41) is 11.8. The van der Waals surface area contributed by atoms with Crippen molar-refractivity contribution in [2.45, 2.75) is 31.8 Å². The van der Waals surface area contributed by atoms with Crippen molar-refractivity contribution in [1.29, 1.82) is 0 Å². The van der Waals surface area contributed by atoms with Crippen LogP contribution in [-0.4, -0.2) is 53.9 Å². The topological polar surface area (TPSA) is 62.3 Å². The van der Waals surface area contributed by atoms with Gasteiger partial charge in [-0.2, -0.15) is 0 Å². The zero-order valence-electron chi connectivity index (χ0n) is 16.5. The summed E-state index contributed by atoms with van der Waals surface area (Å²) in [7, 11) is 3.71. The molecule has 4 aliphatic heterocycles. The number of hydrogen-bond acceptors (Lipinski definition) is 3. The van der Waals surface area contributed by atoms with Crippen LogP contribution in [0.1, 0.15) is 30.6 Å². The summed E-state index contributed by atoms with van der Waals surface area (Å²) in [6, 6.07) is 8.76. The molecule has 2 aromatic rings. The Morgan fingerprint density at radius 3 is 2.86 bits per heavy atom. The van der Waals surface area contributed by atoms with Gasteiger partial charge in [0.2, 0.25) is 0 Å². The van der Waals surface area contributed by atoms with Gasteiger partial charge in [-0.05, 0) is 24.1 Å². The molecule has 150 valence electrons. The maximum absolute atomic E-state index is 13.1. The first kappa shape index (κ1) is 19.9. The summed E-state index contributed by atoms with van der Waals surface area (Å²) in [4.78, 5) is 16.8. The van der Waals surface area contributed by atoms with E-state index in [4.69, 9.17) is 4.74 Å². The van der Waals surface area contributed by atoms with Crippen LogP contribution in [0.3, 0.4) is 0 Å². The predicted molar refractivity (Wildman–Crippen MR) is 103 cm³/mol. The highest BCUT2D eigenvalue weighted by Gasteiger charge is 2.71. The number of para-hydroxylation sites is 1. The smallest absolute Gasteiger partial charge is 0.320 e. The molecule has 5 nitrogen and oxygen atoms in total. The lowest BCUT2D eigenvalue weighted by atomic mass is 9.54. The molecule has 4 bridgehead atoms. The Morgan fingerprint density at radius 1 is 1.43 bits per heavy atom. The Bertz CT molecular complexity index is 983. The third-order valence-electron chi connectivity index (χ3n) is 7.85. The largest absolute Gasteiger partial charge is 1.00 e. The Balaban J connectivity index is 0.00000192. The Morgan fingerprint density at radius 2 is 2.18 bits per heavy atom. The highest BCUT2D eigenvalue weighted by atomic mass is 127. The van der Waals surface area contributed by atoms with E-state index < -0.39 is 5.41 Å². The number of rotatable bonds is 2. The number of H-pyrrole nitrogens is 1. The number of carbonyl (C=O) groups is 1. The van der Waals surface area contributed by atoms with Crippen molar-refractivity contribution in [3.63, 3.8) is 0 Å². The molecular weight excluding hydrogens is 467 g/mol. The molecule has 28 heavy (non-hydrogen) atoms. The second-order valence-electron chi connectivity index (χ2n) is 8.65. The molecule has 0 amide bonds. The molecule has 0 radical (unpaired) electrons. The number of benzene rings is 1. The van der Waals surface area contributed by atoms with Crippen molar-refractivity contribution in [1.82, 2.24) is 4.98 Å². The minimum Gasteiger partial charge on any atom is -1.00 e. The number of fused-ring (bicyclic) bond motifs is 4.